The van der Waals surface area contributed by atoms with Gasteiger partial charge >= 0.3 is 5.97 Å². The fourth-order valence-electron chi connectivity index (χ4n) is 1.06. The van der Waals surface area contributed by atoms with Crippen LogP contribution < -0.4 is 5.73 Å². The van der Waals surface area contributed by atoms with Gasteiger partial charge in [0.1, 0.15) is 5.60 Å². The number of nitrogens with two attached hydrogens (primary N) is 1. The van der Waals surface area contributed by atoms with E-state index in [1.807, 2.05) is 39.0 Å². The Morgan fingerprint density at radius 2 is 1.48 bits per heavy atom. The lowest BCUT2D eigenvalue weighted by Crippen LogP contribution is -2.50. The van der Waals surface area contributed by atoms with E-state index in [-0.39, 0.29) is 5.97 Å². The van der Waals surface area contributed by atoms with E-state index in [1.54, 1.807) is 12.1 Å². The molecule has 0 aromatic heterocycles. The zero-order valence-electron chi connectivity index (χ0n) is 12.7. The maximum absolute atomic E-state index is 11.4. The summed E-state index contributed by atoms with van der Waals surface area (Å²) in [5.41, 5.74) is 4.11. The van der Waals surface area contributed by atoms with Gasteiger partial charge in [0.25, 0.3) is 0 Å². The number of carbonyl (C=O) groups excluding carboxylic acids is 1. The minimum atomic E-state index is -1.21. The first kappa shape index (κ1) is 19.5. The van der Waals surface area contributed by atoms with Crippen LogP contribution in [0.25, 0.3) is 0 Å². The second-order valence-electron chi connectivity index (χ2n) is 5.70. The first-order valence-electron chi connectivity index (χ1n) is 6.57. The minimum Gasteiger partial charge on any atom is -0.456 e. The number of hydrogen-bond donors (Lipinski definition) is 4. The predicted octanol–water partition coefficient (Wildman–Crippen LogP) is 0.303. The minimum absolute atomic E-state index is 0.270. The molecule has 0 aliphatic rings. The van der Waals surface area contributed by atoms with E-state index in [1.165, 1.54) is 0 Å². The van der Waals surface area contributed by atoms with Crippen molar-refractivity contribution in [2.75, 3.05) is 19.8 Å². The summed E-state index contributed by atoms with van der Waals surface area (Å²) in [6, 6.07) is 8.99. The molecule has 0 saturated carbocycles. The molecule has 0 atom stereocenters. The van der Waals surface area contributed by atoms with E-state index < -0.39 is 31.0 Å². The van der Waals surface area contributed by atoms with Crippen molar-refractivity contribution in [2.24, 2.45) is 5.73 Å². The maximum Gasteiger partial charge on any atom is 0.338 e. The van der Waals surface area contributed by atoms with Gasteiger partial charge in [-0.05, 0) is 32.9 Å². The molecular formula is C15H25NO5. The third-order valence-electron chi connectivity index (χ3n) is 2.35. The van der Waals surface area contributed by atoms with Crippen molar-refractivity contribution >= 4 is 5.97 Å². The van der Waals surface area contributed by atoms with Crippen LogP contribution in [0.3, 0.4) is 0 Å². The van der Waals surface area contributed by atoms with Crippen molar-refractivity contribution in [1.82, 2.24) is 0 Å². The topological polar surface area (TPSA) is 113 Å². The summed E-state index contributed by atoms with van der Waals surface area (Å²) < 4.78 is 5.18. The van der Waals surface area contributed by atoms with E-state index in [9.17, 15) is 4.79 Å². The summed E-state index contributed by atoms with van der Waals surface area (Å²) in [5, 5.41) is 25.0. The highest BCUT2D eigenvalue weighted by Gasteiger charge is 2.20. The van der Waals surface area contributed by atoms with Crippen molar-refractivity contribution in [3.05, 3.63) is 35.9 Å². The molecule has 0 saturated heterocycles. The van der Waals surface area contributed by atoms with Crippen molar-refractivity contribution < 1.29 is 24.9 Å². The lowest BCUT2D eigenvalue weighted by molar-refractivity contribution is 0.00695. The normalized spacial score (nSPS) is 11.4. The zero-order valence-corrected chi connectivity index (χ0v) is 12.7. The smallest absolute Gasteiger partial charge is 0.338 e. The molecule has 0 radical (unpaired) electrons. The fraction of sp³-hybridized carbons (Fsp3) is 0.533. The molecule has 6 nitrogen and oxygen atoms in total. The molecule has 5 N–H and O–H groups in total. The van der Waals surface area contributed by atoms with Gasteiger partial charge in [0.15, 0.2) is 0 Å². The maximum atomic E-state index is 11.4. The lowest BCUT2D eigenvalue weighted by atomic mass is 10.1. The molecule has 120 valence electrons. The molecule has 0 heterocycles. The van der Waals surface area contributed by atoms with Crippen LogP contribution in [0.15, 0.2) is 30.3 Å². The van der Waals surface area contributed by atoms with E-state index >= 15 is 0 Å². The predicted molar refractivity (Wildman–Crippen MR) is 79.8 cm³/mol. The summed E-state index contributed by atoms with van der Waals surface area (Å²) in [7, 11) is 0. The highest BCUT2D eigenvalue weighted by molar-refractivity contribution is 5.89. The van der Waals surface area contributed by atoms with Crippen LogP contribution in [0.1, 0.15) is 31.1 Å². The third-order valence-corrected chi connectivity index (χ3v) is 2.35. The molecule has 1 rings (SSSR count). The van der Waals surface area contributed by atoms with Crippen LogP contribution in [0.2, 0.25) is 0 Å². The summed E-state index contributed by atoms with van der Waals surface area (Å²) in [4.78, 5) is 11.4. The Bertz CT molecular complexity index is 402. The van der Waals surface area contributed by atoms with Gasteiger partial charge in [-0.25, -0.2) is 4.79 Å². The highest BCUT2D eigenvalue weighted by atomic mass is 16.6. The quantitative estimate of drug-likeness (QED) is 0.595. The first-order valence-corrected chi connectivity index (χ1v) is 6.57. The number of hydrogen-bond acceptors (Lipinski definition) is 6. The largest absolute Gasteiger partial charge is 0.456 e. The fourth-order valence-corrected chi connectivity index (χ4v) is 1.06. The lowest BCUT2D eigenvalue weighted by Gasteiger charge is -2.20. The molecule has 0 bridgehead atoms. The summed E-state index contributed by atoms with van der Waals surface area (Å²) in [5.74, 6) is -0.270. The Balaban J connectivity index is 0.000000433. The molecule has 21 heavy (non-hydrogen) atoms. The molecule has 0 unspecified atom stereocenters. The van der Waals surface area contributed by atoms with Gasteiger partial charge < -0.3 is 25.8 Å². The van der Waals surface area contributed by atoms with Gasteiger partial charge in [0, 0.05) is 0 Å². The first-order chi connectivity index (χ1) is 9.67. The van der Waals surface area contributed by atoms with Crippen molar-refractivity contribution in [1.29, 1.82) is 0 Å². The Labute approximate surface area is 125 Å². The van der Waals surface area contributed by atoms with Crippen LogP contribution in [-0.4, -0.2) is 52.2 Å². The summed E-state index contributed by atoms with van der Waals surface area (Å²) in [6.45, 7) is 4.36. The molecule has 0 fully saturated rings. The molecule has 0 aliphatic heterocycles. The molecule has 1 aromatic carbocycles. The van der Waals surface area contributed by atoms with Crippen molar-refractivity contribution in [3.63, 3.8) is 0 Å². The molecule has 6 heteroatoms. The zero-order chi connectivity index (χ0) is 16.5. The summed E-state index contributed by atoms with van der Waals surface area (Å²) in [6.07, 6.45) is 0. The molecular weight excluding hydrogens is 274 g/mol. The average molecular weight is 299 g/mol. The molecule has 0 spiro atoms. The third kappa shape index (κ3) is 8.41. The Hall–Kier alpha value is -1.47. The van der Waals surface area contributed by atoms with Gasteiger partial charge in [-0.1, -0.05) is 18.2 Å². The van der Waals surface area contributed by atoms with Crippen LogP contribution in [0, 0.1) is 0 Å². The van der Waals surface area contributed by atoms with E-state index in [2.05, 4.69) is 0 Å². The van der Waals surface area contributed by atoms with E-state index in [0.29, 0.717) is 5.56 Å². The highest BCUT2D eigenvalue weighted by Crippen LogP contribution is 2.11. The SMILES string of the molecule is CC(C)(C)OC(=O)c1ccccc1.NC(CO)(CO)CO. The van der Waals surface area contributed by atoms with Gasteiger partial charge in [-0.3, -0.25) is 0 Å². The monoisotopic (exact) mass is 299 g/mol. The number of carbonyl (C=O) groups is 1. The number of aliphatic hydroxyl groups is 3. The van der Waals surface area contributed by atoms with E-state index in [4.69, 9.17) is 25.8 Å². The van der Waals surface area contributed by atoms with Crippen molar-refractivity contribution in [2.45, 2.75) is 31.9 Å². The second kappa shape index (κ2) is 8.74. The van der Waals surface area contributed by atoms with Crippen molar-refractivity contribution in [3.8, 4) is 0 Å². The molecule has 1 aromatic rings. The van der Waals surface area contributed by atoms with E-state index in [0.717, 1.165) is 0 Å². The number of rotatable bonds is 4. The Morgan fingerprint density at radius 1 is 1.05 bits per heavy atom. The van der Waals surface area contributed by atoms with Gasteiger partial charge in [0.05, 0.1) is 30.9 Å². The van der Waals surface area contributed by atoms with Gasteiger partial charge in [0.2, 0.25) is 0 Å². The van der Waals surface area contributed by atoms with Gasteiger partial charge in [-0.2, -0.15) is 0 Å². The van der Waals surface area contributed by atoms with Crippen LogP contribution in [0.5, 0.6) is 0 Å². The number of ether oxygens (including phenoxy) is 1. The number of benzene rings is 1. The number of aliphatic hydroxyl groups excluding tert-OH is 3. The Morgan fingerprint density at radius 3 is 1.76 bits per heavy atom. The average Bonchev–Trinajstić information content (AvgIpc) is 2.46. The second-order valence-corrected chi connectivity index (χ2v) is 5.70. The van der Waals surface area contributed by atoms with Gasteiger partial charge in [-0.15, -0.1) is 0 Å². The standard InChI is InChI=1S/C11H14O2.C4H11NO3/c1-11(2,3)13-10(12)9-7-5-4-6-8-9;5-4(1-6,2-7)3-8/h4-8H,1-3H3;6-8H,1-3,5H2. The Kier molecular flexibility index (Phi) is 8.12. The van der Waals surface area contributed by atoms with Crippen LogP contribution in [-0.2, 0) is 4.74 Å². The van der Waals surface area contributed by atoms with Crippen LogP contribution in [0.4, 0.5) is 0 Å². The summed E-state index contributed by atoms with van der Waals surface area (Å²) >= 11 is 0. The van der Waals surface area contributed by atoms with Crippen LogP contribution >= 0.6 is 0 Å². The number of esters is 1. The molecule has 0 amide bonds. The molecule has 0 aliphatic carbocycles.